The first-order chi connectivity index (χ1) is 9.54. The van der Waals surface area contributed by atoms with Crippen LogP contribution in [-0.4, -0.2) is 37.3 Å². The number of nitrogens with zero attached hydrogens (tertiary/aromatic N) is 1. The second-order valence-corrected chi connectivity index (χ2v) is 4.06. The summed E-state index contributed by atoms with van der Waals surface area (Å²) in [6.45, 7) is 4.75. The monoisotopic (exact) mass is 282 g/mol. The molecule has 1 N–H and O–H groups in total. The molecule has 0 aliphatic rings. The number of nitrogens with one attached hydrogen (secondary N) is 1. The number of benzene rings is 1. The molecular formula is C13H18N2O5. The highest BCUT2D eigenvalue weighted by molar-refractivity contribution is 5.92. The highest BCUT2D eigenvalue weighted by Crippen LogP contribution is 2.22. The summed E-state index contributed by atoms with van der Waals surface area (Å²) in [4.78, 5) is 21.9. The average molecular weight is 282 g/mol. The Balaban J connectivity index is 2.46. The fourth-order valence-corrected chi connectivity index (χ4v) is 1.51. The topological polar surface area (TPSA) is 90.7 Å². The van der Waals surface area contributed by atoms with Crippen molar-refractivity contribution < 1.29 is 19.2 Å². The van der Waals surface area contributed by atoms with Crippen molar-refractivity contribution in [3.05, 3.63) is 33.9 Å². The fraction of sp³-hybridized carbons (Fsp3) is 0.462. The molecular weight excluding hydrogens is 264 g/mol. The van der Waals surface area contributed by atoms with E-state index in [4.69, 9.17) is 9.47 Å². The molecule has 0 spiro atoms. The number of nitro groups is 1. The minimum absolute atomic E-state index is 0.0277. The number of hydrogen-bond donors (Lipinski definition) is 1. The molecule has 7 nitrogen and oxygen atoms in total. The number of carbonyl (C=O) groups excluding carboxylic acids is 1. The van der Waals surface area contributed by atoms with E-state index < -0.39 is 4.92 Å². The molecule has 1 rings (SSSR count). The maximum atomic E-state index is 11.6. The zero-order valence-electron chi connectivity index (χ0n) is 11.5. The number of ether oxygens (including phenoxy) is 2. The van der Waals surface area contributed by atoms with Crippen molar-refractivity contribution in [2.45, 2.75) is 13.8 Å². The van der Waals surface area contributed by atoms with Crippen molar-refractivity contribution in [2.75, 3.05) is 31.7 Å². The van der Waals surface area contributed by atoms with Crippen molar-refractivity contribution >= 4 is 17.3 Å². The minimum Gasteiger partial charge on any atom is -0.379 e. The van der Waals surface area contributed by atoms with Crippen molar-refractivity contribution in [2.24, 2.45) is 0 Å². The Hall–Kier alpha value is -1.99. The summed E-state index contributed by atoms with van der Waals surface area (Å²) in [5.41, 5.74) is 0.890. The third kappa shape index (κ3) is 5.33. The van der Waals surface area contributed by atoms with Gasteiger partial charge in [-0.25, -0.2) is 0 Å². The molecule has 0 unspecified atom stereocenters. The maximum absolute atomic E-state index is 11.6. The van der Waals surface area contributed by atoms with E-state index in [0.29, 0.717) is 31.1 Å². The summed E-state index contributed by atoms with van der Waals surface area (Å²) in [5.74, 6) is -0.361. The molecule has 0 fully saturated rings. The summed E-state index contributed by atoms with van der Waals surface area (Å²) in [5, 5.41) is 13.3. The molecule has 0 atom stereocenters. The van der Waals surface area contributed by atoms with E-state index in [1.807, 2.05) is 6.92 Å². The zero-order chi connectivity index (χ0) is 15.0. The lowest BCUT2D eigenvalue weighted by molar-refractivity contribution is -0.385. The predicted octanol–water partition coefficient (Wildman–Crippen LogP) is 1.89. The van der Waals surface area contributed by atoms with Crippen LogP contribution in [-0.2, 0) is 14.3 Å². The van der Waals surface area contributed by atoms with Crippen LogP contribution in [0.2, 0.25) is 0 Å². The van der Waals surface area contributed by atoms with Gasteiger partial charge in [-0.1, -0.05) is 6.07 Å². The van der Waals surface area contributed by atoms with Crippen LogP contribution in [0.15, 0.2) is 18.2 Å². The first-order valence-corrected chi connectivity index (χ1v) is 6.25. The van der Waals surface area contributed by atoms with Gasteiger partial charge in [-0.05, 0) is 19.9 Å². The lowest BCUT2D eigenvalue weighted by Crippen LogP contribution is -2.19. The van der Waals surface area contributed by atoms with E-state index in [9.17, 15) is 14.9 Å². The minimum atomic E-state index is -0.483. The smallest absolute Gasteiger partial charge is 0.274 e. The van der Waals surface area contributed by atoms with Crippen LogP contribution in [0.3, 0.4) is 0 Å². The first kappa shape index (κ1) is 16.1. The number of anilines is 1. The highest BCUT2D eigenvalue weighted by Gasteiger charge is 2.12. The molecule has 0 heterocycles. The number of amides is 1. The van der Waals surface area contributed by atoms with E-state index in [1.54, 1.807) is 19.1 Å². The highest BCUT2D eigenvalue weighted by atomic mass is 16.6. The van der Waals surface area contributed by atoms with Gasteiger partial charge in [-0.15, -0.1) is 0 Å². The van der Waals surface area contributed by atoms with Gasteiger partial charge < -0.3 is 14.8 Å². The third-order valence-electron chi connectivity index (χ3n) is 2.50. The molecule has 0 bridgehead atoms. The first-order valence-electron chi connectivity index (χ1n) is 6.25. The second-order valence-electron chi connectivity index (χ2n) is 4.06. The number of rotatable bonds is 8. The molecule has 1 amide bonds. The summed E-state index contributed by atoms with van der Waals surface area (Å²) in [6, 6.07) is 4.53. The van der Waals surface area contributed by atoms with Crippen LogP contribution in [0.25, 0.3) is 0 Å². The van der Waals surface area contributed by atoms with Gasteiger partial charge in [0.15, 0.2) is 0 Å². The molecule has 0 aliphatic carbocycles. The second kappa shape index (κ2) is 8.23. The standard InChI is InChI=1S/C13H18N2O5/c1-3-19-6-7-20-9-13(16)14-11-5-4-10(2)12(8-11)15(17)18/h4-5,8H,3,6-7,9H2,1-2H3,(H,14,16). The normalized spacial score (nSPS) is 10.3. The summed E-state index contributed by atoms with van der Waals surface area (Å²) < 4.78 is 10.2. The van der Waals surface area contributed by atoms with Gasteiger partial charge in [-0.3, -0.25) is 14.9 Å². The summed E-state index contributed by atoms with van der Waals surface area (Å²) in [7, 11) is 0. The predicted molar refractivity (Wildman–Crippen MR) is 73.8 cm³/mol. The van der Waals surface area contributed by atoms with E-state index in [-0.39, 0.29) is 18.2 Å². The van der Waals surface area contributed by atoms with E-state index in [0.717, 1.165) is 0 Å². The van der Waals surface area contributed by atoms with E-state index in [2.05, 4.69) is 5.32 Å². The van der Waals surface area contributed by atoms with E-state index in [1.165, 1.54) is 6.07 Å². The quantitative estimate of drug-likeness (QED) is 0.446. The van der Waals surface area contributed by atoms with E-state index >= 15 is 0 Å². The average Bonchev–Trinajstić information content (AvgIpc) is 2.40. The van der Waals surface area contributed by atoms with Crippen molar-refractivity contribution in [3.63, 3.8) is 0 Å². The van der Waals surface area contributed by atoms with Gasteiger partial charge in [0.2, 0.25) is 5.91 Å². The Morgan fingerprint density at radius 1 is 1.35 bits per heavy atom. The largest absolute Gasteiger partial charge is 0.379 e. The number of nitro benzene ring substituents is 1. The van der Waals surface area contributed by atoms with Crippen LogP contribution >= 0.6 is 0 Å². The van der Waals surface area contributed by atoms with Gasteiger partial charge in [0, 0.05) is 23.9 Å². The molecule has 0 saturated carbocycles. The van der Waals surface area contributed by atoms with Crippen LogP contribution in [0.1, 0.15) is 12.5 Å². The van der Waals surface area contributed by atoms with Crippen molar-refractivity contribution in [3.8, 4) is 0 Å². The van der Waals surface area contributed by atoms with Gasteiger partial charge in [0.05, 0.1) is 18.1 Å². The number of aryl methyl sites for hydroxylation is 1. The maximum Gasteiger partial charge on any atom is 0.274 e. The Labute approximate surface area is 117 Å². The molecule has 110 valence electrons. The molecule has 1 aromatic carbocycles. The Morgan fingerprint density at radius 2 is 2.05 bits per heavy atom. The number of carbonyl (C=O) groups is 1. The van der Waals surface area contributed by atoms with Crippen LogP contribution in [0.4, 0.5) is 11.4 Å². The number of hydrogen-bond acceptors (Lipinski definition) is 5. The zero-order valence-corrected chi connectivity index (χ0v) is 11.5. The molecule has 7 heteroatoms. The van der Waals surface area contributed by atoms with Crippen LogP contribution in [0.5, 0.6) is 0 Å². The fourth-order valence-electron chi connectivity index (χ4n) is 1.51. The Bertz CT molecular complexity index is 476. The Kier molecular flexibility index (Phi) is 6.61. The molecule has 0 aliphatic heterocycles. The third-order valence-corrected chi connectivity index (χ3v) is 2.50. The van der Waals surface area contributed by atoms with Gasteiger partial charge in [-0.2, -0.15) is 0 Å². The lowest BCUT2D eigenvalue weighted by Gasteiger charge is -2.07. The van der Waals surface area contributed by atoms with Gasteiger partial charge >= 0.3 is 0 Å². The molecule has 0 radical (unpaired) electrons. The molecule has 0 saturated heterocycles. The van der Waals surface area contributed by atoms with Gasteiger partial charge in [0.25, 0.3) is 5.69 Å². The van der Waals surface area contributed by atoms with Gasteiger partial charge in [0.1, 0.15) is 6.61 Å². The van der Waals surface area contributed by atoms with Crippen LogP contribution < -0.4 is 5.32 Å². The van der Waals surface area contributed by atoms with Crippen molar-refractivity contribution in [1.82, 2.24) is 0 Å². The van der Waals surface area contributed by atoms with Crippen molar-refractivity contribution in [1.29, 1.82) is 0 Å². The summed E-state index contributed by atoms with van der Waals surface area (Å²) >= 11 is 0. The molecule has 20 heavy (non-hydrogen) atoms. The SMILES string of the molecule is CCOCCOCC(=O)Nc1ccc(C)c([N+](=O)[O-])c1. The molecule has 1 aromatic rings. The van der Waals surface area contributed by atoms with Crippen LogP contribution in [0, 0.1) is 17.0 Å². The lowest BCUT2D eigenvalue weighted by atomic mass is 10.2. The summed E-state index contributed by atoms with van der Waals surface area (Å²) in [6.07, 6.45) is 0. The Morgan fingerprint density at radius 3 is 2.70 bits per heavy atom. The molecule has 0 aromatic heterocycles.